The summed E-state index contributed by atoms with van der Waals surface area (Å²) in [5, 5.41) is 9.71. The topological polar surface area (TPSA) is 60.7 Å². The molecule has 1 heterocycles. The summed E-state index contributed by atoms with van der Waals surface area (Å²) in [6.45, 7) is 2.94. The third-order valence-corrected chi connectivity index (χ3v) is 1.82. The van der Waals surface area contributed by atoms with Gasteiger partial charge < -0.3 is 15.0 Å². The van der Waals surface area contributed by atoms with Crippen molar-refractivity contribution >= 4 is 22.9 Å². The van der Waals surface area contributed by atoms with Crippen molar-refractivity contribution in [2.45, 2.75) is 0 Å². The lowest BCUT2D eigenvalue weighted by Gasteiger charge is -2.29. The molecule has 1 saturated heterocycles. The van der Waals surface area contributed by atoms with Crippen LogP contribution in [0.25, 0.3) is 0 Å². The third-order valence-electron chi connectivity index (χ3n) is 1.74. The molecule has 1 rings (SSSR count). The van der Waals surface area contributed by atoms with Crippen molar-refractivity contribution < 1.29 is 4.74 Å². The Morgan fingerprint density at radius 2 is 2.15 bits per heavy atom. The Balaban J connectivity index is 2.58. The molecule has 1 aliphatic rings. The second kappa shape index (κ2) is 5.04. The van der Waals surface area contributed by atoms with Gasteiger partial charge in [0, 0.05) is 20.1 Å². The number of guanidine groups is 1. The Morgan fingerprint density at radius 3 is 2.62 bits per heavy atom. The zero-order chi connectivity index (χ0) is 9.68. The van der Waals surface area contributed by atoms with Gasteiger partial charge in [0.15, 0.2) is 0 Å². The van der Waals surface area contributed by atoms with Gasteiger partial charge in [0.25, 0.3) is 0 Å². The first kappa shape index (κ1) is 10.3. The molecular formula is C7H13ClN4O. The van der Waals surface area contributed by atoms with Crippen LogP contribution < -0.4 is 5.32 Å². The van der Waals surface area contributed by atoms with Crippen molar-refractivity contribution in [3.63, 3.8) is 0 Å². The molecule has 5 nitrogen and oxygen atoms in total. The van der Waals surface area contributed by atoms with E-state index in [4.69, 9.17) is 21.7 Å². The molecule has 1 fully saturated rings. The van der Waals surface area contributed by atoms with E-state index in [-0.39, 0.29) is 5.29 Å². The smallest absolute Gasteiger partial charge is 0.218 e. The molecule has 0 aromatic rings. The molecule has 0 aromatic heterocycles. The molecule has 0 spiro atoms. The van der Waals surface area contributed by atoms with E-state index in [0.717, 1.165) is 13.1 Å². The normalized spacial score (nSPS) is 18.6. The third kappa shape index (κ3) is 3.20. The van der Waals surface area contributed by atoms with Gasteiger partial charge in [0.2, 0.25) is 11.3 Å². The number of halogens is 1. The highest BCUT2D eigenvalue weighted by Crippen LogP contribution is 1.98. The van der Waals surface area contributed by atoms with Crippen molar-refractivity contribution in [3.05, 3.63) is 0 Å². The van der Waals surface area contributed by atoms with Crippen molar-refractivity contribution in [1.29, 1.82) is 5.41 Å². The quantitative estimate of drug-likeness (QED) is 0.334. The minimum absolute atomic E-state index is 0.212. The van der Waals surface area contributed by atoms with E-state index in [9.17, 15) is 0 Å². The average molecular weight is 205 g/mol. The number of nitrogens with one attached hydrogen (secondary N) is 2. The van der Waals surface area contributed by atoms with Crippen LogP contribution in [-0.2, 0) is 4.74 Å². The van der Waals surface area contributed by atoms with Crippen molar-refractivity contribution in [1.82, 2.24) is 10.2 Å². The fraction of sp³-hybridized carbons (Fsp3) is 0.714. The Morgan fingerprint density at radius 1 is 1.54 bits per heavy atom. The summed E-state index contributed by atoms with van der Waals surface area (Å²) < 4.78 is 5.19. The first-order valence-electron chi connectivity index (χ1n) is 4.07. The maximum atomic E-state index is 7.03. The Labute approximate surface area is 82.2 Å². The molecule has 0 amide bonds. The summed E-state index contributed by atoms with van der Waals surface area (Å²) in [4.78, 5) is 5.84. The lowest BCUT2D eigenvalue weighted by atomic mass is 10.4. The molecule has 0 atom stereocenters. The van der Waals surface area contributed by atoms with Crippen LogP contribution in [0.2, 0.25) is 0 Å². The van der Waals surface area contributed by atoms with Crippen LogP contribution in [0.1, 0.15) is 0 Å². The number of morpholine rings is 1. The fourth-order valence-corrected chi connectivity index (χ4v) is 1.23. The summed E-state index contributed by atoms with van der Waals surface area (Å²) in [5.41, 5.74) is 0. The zero-order valence-electron chi connectivity index (χ0n) is 7.51. The Kier molecular flexibility index (Phi) is 3.98. The summed E-state index contributed by atoms with van der Waals surface area (Å²) in [5.74, 6) is 0.628. The lowest BCUT2D eigenvalue weighted by Crippen LogP contribution is -2.46. The van der Waals surface area contributed by atoms with Gasteiger partial charge in [-0.3, -0.25) is 5.41 Å². The van der Waals surface area contributed by atoms with Crippen LogP contribution >= 0.6 is 11.6 Å². The second-order valence-corrected chi connectivity index (χ2v) is 2.93. The van der Waals surface area contributed by atoms with Gasteiger partial charge in [0.05, 0.1) is 13.2 Å². The molecule has 0 aromatic carbocycles. The van der Waals surface area contributed by atoms with Gasteiger partial charge >= 0.3 is 0 Å². The molecule has 0 saturated carbocycles. The number of ether oxygens (including phenoxy) is 1. The van der Waals surface area contributed by atoms with Crippen LogP contribution in [0.5, 0.6) is 0 Å². The van der Waals surface area contributed by atoms with Crippen molar-refractivity contribution in [3.8, 4) is 0 Å². The number of nitrogens with zero attached hydrogens (tertiary/aromatic N) is 2. The van der Waals surface area contributed by atoms with E-state index in [1.807, 2.05) is 4.90 Å². The highest BCUT2D eigenvalue weighted by Gasteiger charge is 2.13. The van der Waals surface area contributed by atoms with Gasteiger partial charge in [-0.05, 0) is 11.6 Å². The van der Waals surface area contributed by atoms with Gasteiger partial charge in [-0.1, -0.05) is 0 Å². The van der Waals surface area contributed by atoms with E-state index in [2.05, 4.69) is 10.3 Å². The zero-order valence-corrected chi connectivity index (χ0v) is 8.26. The number of amidine groups is 1. The molecule has 0 bridgehead atoms. The van der Waals surface area contributed by atoms with Gasteiger partial charge in [0.1, 0.15) is 0 Å². The van der Waals surface area contributed by atoms with E-state index in [0.29, 0.717) is 19.2 Å². The second-order valence-electron chi connectivity index (χ2n) is 2.58. The molecule has 1 aliphatic heterocycles. The highest BCUT2D eigenvalue weighted by atomic mass is 35.5. The molecule has 2 N–H and O–H groups in total. The standard InChI is InChI=1S/C7H13ClN4O/c1-10-7(11-6(8)9)12-2-4-13-5-3-12/h2-5H2,1H3,(H2,9,10,11). The van der Waals surface area contributed by atoms with E-state index in [1.54, 1.807) is 7.05 Å². The van der Waals surface area contributed by atoms with Crippen molar-refractivity contribution in [2.75, 3.05) is 33.4 Å². The van der Waals surface area contributed by atoms with Crippen molar-refractivity contribution in [2.24, 2.45) is 4.99 Å². The summed E-state index contributed by atoms with van der Waals surface area (Å²) in [7, 11) is 1.76. The van der Waals surface area contributed by atoms with Gasteiger partial charge in [-0.25, -0.2) is 0 Å². The average Bonchev–Trinajstić information content (AvgIpc) is 2.15. The molecule has 13 heavy (non-hydrogen) atoms. The number of hydrogen-bond donors (Lipinski definition) is 2. The van der Waals surface area contributed by atoms with Gasteiger partial charge in [-0.2, -0.15) is 4.99 Å². The summed E-state index contributed by atoms with van der Waals surface area (Å²) in [6, 6.07) is 0. The number of rotatable bonds is 0. The van der Waals surface area contributed by atoms with Crippen LogP contribution in [0.15, 0.2) is 4.99 Å². The Bertz CT molecular complexity index is 213. The van der Waals surface area contributed by atoms with Crippen LogP contribution in [0.3, 0.4) is 0 Å². The van der Waals surface area contributed by atoms with E-state index in [1.165, 1.54) is 0 Å². The van der Waals surface area contributed by atoms with Gasteiger partial charge in [-0.15, -0.1) is 0 Å². The van der Waals surface area contributed by atoms with Crippen LogP contribution in [0.4, 0.5) is 0 Å². The Hall–Kier alpha value is -0.810. The predicted molar refractivity (Wildman–Crippen MR) is 52.5 cm³/mol. The number of aliphatic imine (C=N–C) groups is 1. The molecule has 0 unspecified atom stereocenters. The SMILES string of the molecule is CN/C(=N\C(=N)Cl)N1CCOCC1. The lowest BCUT2D eigenvalue weighted by molar-refractivity contribution is 0.0668. The maximum absolute atomic E-state index is 7.03. The van der Waals surface area contributed by atoms with E-state index >= 15 is 0 Å². The minimum Gasteiger partial charge on any atom is -0.378 e. The predicted octanol–water partition coefficient (Wildman–Crippen LogP) is 0.0676. The maximum Gasteiger partial charge on any atom is 0.218 e. The van der Waals surface area contributed by atoms with Crippen LogP contribution in [0, 0.1) is 5.41 Å². The fourth-order valence-electron chi connectivity index (χ4n) is 1.15. The monoisotopic (exact) mass is 204 g/mol. The molecule has 0 aliphatic carbocycles. The van der Waals surface area contributed by atoms with Crippen LogP contribution in [-0.4, -0.2) is 49.5 Å². The van der Waals surface area contributed by atoms with E-state index < -0.39 is 0 Å². The largest absolute Gasteiger partial charge is 0.378 e. The number of hydrogen-bond acceptors (Lipinski definition) is 2. The highest BCUT2D eigenvalue weighted by molar-refractivity contribution is 6.64. The minimum atomic E-state index is -0.212. The first-order chi connectivity index (χ1) is 6.24. The molecular weight excluding hydrogens is 192 g/mol. The first-order valence-corrected chi connectivity index (χ1v) is 4.45. The molecule has 6 heteroatoms. The summed E-state index contributed by atoms with van der Waals surface area (Å²) >= 11 is 5.37. The molecule has 74 valence electrons. The summed E-state index contributed by atoms with van der Waals surface area (Å²) in [6.07, 6.45) is 0. The molecule has 0 radical (unpaired) electrons.